The molecule has 0 aromatic carbocycles. The molecule has 0 bridgehead atoms. The van der Waals surface area contributed by atoms with Crippen LogP contribution in [0.1, 0.15) is 149 Å². The van der Waals surface area contributed by atoms with E-state index >= 15 is 0 Å². The summed E-state index contributed by atoms with van der Waals surface area (Å²) >= 11 is 0. The van der Waals surface area contributed by atoms with E-state index < -0.39 is 7.75 Å². The van der Waals surface area contributed by atoms with Crippen molar-refractivity contribution < 1.29 is 14.0 Å². The van der Waals surface area contributed by atoms with Crippen LogP contribution in [0.25, 0.3) is 0 Å². The summed E-state index contributed by atoms with van der Waals surface area (Å²) < 4.78 is 20.2. The van der Waals surface area contributed by atoms with E-state index in [1.807, 2.05) is 0 Å². The Morgan fingerprint density at radius 1 is 0.548 bits per heavy atom. The predicted molar refractivity (Wildman–Crippen MR) is 137 cm³/mol. The highest BCUT2D eigenvalue weighted by molar-refractivity contribution is 7.50. The van der Waals surface area contributed by atoms with E-state index in [1.54, 1.807) is 4.67 Å². The Bertz CT molecular complexity index is 386. The number of hydrogen-bond donors (Lipinski definition) is 1. The lowest BCUT2D eigenvalue weighted by Crippen LogP contribution is -2.24. The molecule has 5 heteroatoms. The minimum Gasteiger partial charge on any atom is -0.312 e. The molecule has 0 saturated carbocycles. The van der Waals surface area contributed by atoms with Crippen molar-refractivity contribution in [2.75, 3.05) is 19.7 Å². The summed E-state index contributed by atoms with van der Waals surface area (Å²) in [4.78, 5) is 10.6. The smallest absolute Gasteiger partial charge is 0.312 e. The van der Waals surface area contributed by atoms with Gasteiger partial charge in [0.2, 0.25) is 0 Å². The summed E-state index contributed by atoms with van der Waals surface area (Å²) in [5, 5.41) is 0. The fraction of sp³-hybridized carbons (Fsp3) is 1.00. The molecule has 0 rings (SSSR count). The van der Waals surface area contributed by atoms with Crippen molar-refractivity contribution in [1.82, 2.24) is 4.67 Å². The van der Waals surface area contributed by atoms with Gasteiger partial charge in [0.15, 0.2) is 0 Å². The van der Waals surface area contributed by atoms with E-state index in [9.17, 15) is 9.46 Å². The largest absolute Gasteiger partial charge is 0.405 e. The molecule has 188 valence electrons. The second-order valence-electron chi connectivity index (χ2n) is 9.29. The van der Waals surface area contributed by atoms with E-state index in [4.69, 9.17) is 4.52 Å². The van der Waals surface area contributed by atoms with E-state index in [-0.39, 0.29) is 0 Å². The van der Waals surface area contributed by atoms with Gasteiger partial charge >= 0.3 is 7.75 Å². The van der Waals surface area contributed by atoms with E-state index in [1.165, 1.54) is 89.9 Å². The van der Waals surface area contributed by atoms with Crippen LogP contribution in [-0.2, 0) is 9.09 Å². The summed E-state index contributed by atoms with van der Waals surface area (Å²) in [7, 11) is -3.66. The Hall–Kier alpha value is 0.110. The van der Waals surface area contributed by atoms with Crippen molar-refractivity contribution in [3.8, 4) is 0 Å². The average Bonchev–Trinajstić information content (AvgIpc) is 2.75. The normalized spacial score (nSPS) is 13.7. The molecule has 1 N–H and O–H groups in total. The van der Waals surface area contributed by atoms with Crippen LogP contribution in [0, 0.1) is 0 Å². The van der Waals surface area contributed by atoms with Crippen LogP contribution in [0.15, 0.2) is 0 Å². The summed E-state index contributed by atoms with van der Waals surface area (Å²) in [6.07, 6.45) is 24.3. The standard InChI is InChI=1S/C26H56NO3P/c1-4-7-10-13-15-17-19-21-24-27(25-22-20-18-16-14-11-8-5-2)31(28,29)30-26-23-12-9-6-3/h4-26H2,1-3H3,(H,28,29). The van der Waals surface area contributed by atoms with Gasteiger partial charge in [-0.1, -0.05) is 130 Å². The molecule has 0 aromatic heterocycles. The van der Waals surface area contributed by atoms with Crippen LogP contribution in [-0.4, -0.2) is 29.3 Å². The average molecular weight is 462 g/mol. The molecule has 1 unspecified atom stereocenters. The van der Waals surface area contributed by atoms with Crippen LogP contribution >= 0.6 is 7.75 Å². The zero-order valence-corrected chi connectivity index (χ0v) is 22.3. The monoisotopic (exact) mass is 461 g/mol. The summed E-state index contributed by atoms with van der Waals surface area (Å²) in [5.41, 5.74) is 0. The van der Waals surface area contributed by atoms with Crippen molar-refractivity contribution >= 4 is 7.75 Å². The third kappa shape index (κ3) is 20.4. The van der Waals surface area contributed by atoms with Crippen LogP contribution < -0.4 is 0 Å². The van der Waals surface area contributed by atoms with Gasteiger partial charge in [0.1, 0.15) is 0 Å². The molecule has 0 spiro atoms. The Kier molecular flexibility index (Phi) is 23.4. The molecule has 31 heavy (non-hydrogen) atoms. The third-order valence-electron chi connectivity index (χ3n) is 6.15. The number of hydrogen-bond acceptors (Lipinski definition) is 2. The first-order valence-electron chi connectivity index (χ1n) is 13.8. The number of nitrogens with zero attached hydrogens (tertiary/aromatic N) is 1. The first-order chi connectivity index (χ1) is 15.1. The van der Waals surface area contributed by atoms with Crippen molar-refractivity contribution in [2.24, 2.45) is 0 Å². The van der Waals surface area contributed by atoms with Gasteiger partial charge in [-0.2, -0.15) is 0 Å². The topological polar surface area (TPSA) is 49.8 Å². The number of rotatable bonds is 25. The van der Waals surface area contributed by atoms with Gasteiger partial charge in [0, 0.05) is 13.1 Å². The molecular weight excluding hydrogens is 405 g/mol. The van der Waals surface area contributed by atoms with Gasteiger partial charge in [0.05, 0.1) is 6.61 Å². The first kappa shape index (κ1) is 31.1. The molecule has 0 saturated heterocycles. The highest BCUT2D eigenvalue weighted by Gasteiger charge is 2.28. The van der Waals surface area contributed by atoms with Crippen molar-refractivity contribution in [1.29, 1.82) is 0 Å². The quantitative estimate of drug-likeness (QED) is 0.109. The molecule has 0 heterocycles. The van der Waals surface area contributed by atoms with Gasteiger partial charge < -0.3 is 4.89 Å². The fourth-order valence-electron chi connectivity index (χ4n) is 4.01. The predicted octanol–water partition coefficient (Wildman–Crippen LogP) is 9.27. The zero-order chi connectivity index (χ0) is 23.0. The summed E-state index contributed by atoms with van der Waals surface area (Å²) in [5.74, 6) is 0. The SMILES string of the molecule is CCCCCCCCCCN(CCCCCCCCCC)P(=O)(O)OCCCCCC. The molecule has 0 amide bonds. The minimum atomic E-state index is -3.66. The molecular formula is C26H56NO3P. The fourth-order valence-corrected chi connectivity index (χ4v) is 5.33. The molecule has 0 aliphatic rings. The van der Waals surface area contributed by atoms with Crippen LogP contribution in [0.4, 0.5) is 0 Å². The minimum absolute atomic E-state index is 0.402. The van der Waals surface area contributed by atoms with Crippen molar-refractivity contribution in [3.05, 3.63) is 0 Å². The lowest BCUT2D eigenvalue weighted by Gasteiger charge is -2.26. The van der Waals surface area contributed by atoms with Gasteiger partial charge in [-0.05, 0) is 19.3 Å². The molecule has 0 aliphatic heterocycles. The Balaban J connectivity index is 4.22. The Morgan fingerprint density at radius 3 is 1.26 bits per heavy atom. The molecule has 1 atom stereocenters. The van der Waals surface area contributed by atoms with E-state index in [0.717, 1.165) is 38.5 Å². The van der Waals surface area contributed by atoms with Crippen molar-refractivity contribution in [2.45, 2.75) is 149 Å². The summed E-state index contributed by atoms with van der Waals surface area (Å²) in [6.45, 7) is 8.45. The first-order valence-corrected chi connectivity index (χ1v) is 15.3. The number of unbranched alkanes of at least 4 members (excludes halogenated alkanes) is 17. The van der Waals surface area contributed by atoms with Gasteiger partial charge in [-0.25, -0.2) is 9.24 Å². The van der Waals surface area contributed by atoms with Crippen LogP contribution in [0.2, 0.25) is 0 Å². The van der Waals surface area contributed by atoms with Gasteiger partial charge in [-0.15, -0.1) is 0 Å². The maximum absolute atomic E-state index is 12.9. The molecule has 0 aromatic rings. The third-order valence-corrected chi connectivity index (χ3v) is 7.79. The second kappa shape index (κ2) is 23.3. The maximum Gasteiger partial charge on any atom is 0.405 e. The Labute approximate surface area is 195 Å². The molecule has 4 nitrogen and oxygen atoms in total. The second-order valence-corrected chi connectivity index (χ2v) is 11.1. The van der Waals surface area contributed by atoms with E-state index in [0.29, 0.717) is 19.7 Å². The van der Waals surface area contributed by atoms with E-state index in [2.05, 4.69) is 20.8 Å². The molecule has 0 radical (unpaired) electrons. The van der Waals surface area contributed by atoms with Crippen molar-refractivity contribution in [3.63, 3.8) is 0 Å². The molecule has 0 fully saturated rings. The lowest BCUT2D eigenvalue weighted by atomic mass is 10.1. The van der Waals surface area contributed by atoms with Gasteiger partial charge in [-0.3, -0.25) is 4.52 Å². The van der Waals surface area contributed by atoms with Crippen LogP contribution in [0.3, 0.4) is 0 Å². The van der Waals surface area contributed by atoms with Gasteiger partial charge in [0.25, 0.3) is 0 Å². The Morgan fingerprint density at radius 2 is 0.871 bits per heavy atom. The summed E-state index contributed by atoms with van der Waals surface area (Å²) in [6, 6.07) is 0. The maximum atomic E-state index is 12.9. The highest BCUT2D eigenvalue weighted by atomic mass is 31.2. The lowest BCUT2D eigenvalue weighted by molar-refractivity contribution is 0.194. The van der Waals surface area contributed by atoms with Crippen LogP contribution in [0.5, 0.6) is 0 Å². The highest BCUT2D eigenvalue weighted by Crippen LogP contribution is 2.46. The molecule has 0 aliphatic carbocycles. The zero-order valence-electron chi connectivity index (χ0n) is 21.4.